The van der Waals surface area contributed by atoms with Crippen LogP contribution < -0.4 is 5.32 Å². The normalized spacial score (nSPS) is 13.1. The van der Waals surface area contributed by atoms with Crippen molar-refractivity contribution in [2.75, 3.05) is 5.32 Å². The first-order chi connectivity index (χ1) is 11.2. The Morgan fingerprint density at radius 3 is 2.57 bits per heavy atom. The summed E-state index contributed by atoms with van der Waals surface area (Å²) in [5.41, 5.74) is 2.79. The predicted octanol–water partition coefficient (Wildman–Crippen LogP) is 3.27. The Balaban J connectivity index is 1.88. The van der Waals surface area contributed by atoms with Crippen molar-refractivity contribution in [1.29, 1.82) is 0 Å². The molecule has 1 aliphatic rings. The van der Waals surface area contributed by atoms with Crippen LogP contribution in [0.2, 0.25) is 0 Å². The lowest BCUT2D eigenvalue weighted by Gasteiger charge is -2.17. The molecule has 2 N–H and O–H groups in total. The number of thiazole rings is 2. The fourth-order valence-electron chi connectivity index (χ4n) is 2.39. The fraction of sp³-hybridized carbons (Fsp3) is 0.0667. The Hall–Kier alpha value is -2.58. The van der Waals surface area contributed by atoms with E-state index in [2.05, 4.69) is 20.3 Å². The number of nitrogens with zero attached hydrogens (tertiary/aromatic N) is 3. The SMILES string of the molecule is O=C(O)C1=CNc2nc(-c3nccs3)c(-c3nccs3)cc2C1. The third-order valence-corrected chi connectivity index (χ3v) is 5.02. The van der Waals surface area contributed by atoms with E-state index in [1.165, 1.54) is 28.9 Å². The maximum atomic E-state index is 11.2. The molecule has 0 spiro atoms. The van der Waals surface area contributed by atoms with Gasteiger partial charge < -0.3 is 10.4 Å². The van der Waals surface area contributed by atoms with Gasteiger partial charge in [-0.2, -0.15) is 0 Å². The molecule has 0 unspecified atom stereocenters. The number of fused-ring (bicyclic) bond motifs is 1. The summed E-state index contributed by atoms with van der Waals surface area (Å²) in [6, 6.07) is 1.96. The van der Waals surface area contributed by atoms with E-state index < -0.39 is 5.97 Å². The van der Waals surface area contributed by atoms with E-state index in [9.17, 15) is 9.90 Å². The van der Waals surface area contributed by atoms with Gasteiger partial charge in [0.05, 0.1) is 5.57 Å². The van der Waals surface area contributed by atoms with E-state index in [0.29, 0.717) is 17.8 Å². The molecule has 0 radical (unpaired) electrons. The molecule has 0 saturated carbocycles. The number of pyridine rings is 1. The summed E-state index contributed by atoms with van der Waals surface area (Å²) in [4.78, 5) is 24.6. The number of rotatable bonds is 3. The van der Waals surface area contributed by atoms with E-state index in [-0.39, 0.29) is 0 Å². The molecule has 6 nitrogen and oxygen atoms in total. The van der Waals surface area contributed by atoms with E-state index in [4.69, 9.17) is 0 Å². The highest BCUT2D eigenvalue weighted by Gasteiger charge is 2.22. The zero-order valence-electron chi connectivity index (χ0n) is 11.7. The number of hydrogen-bond donors (Lipinski definition) is 2. The van der Waals surface area contributed by atoms with Gasteiger partial charge in [0.1, 0.15) is 21.5 Å². The van der Waals surface area contributed by atoms with Crippen LogP contribution >= 0.6 is 22.7 Å². The van der Waals surface area contributed by atoms with Crippen LogP contribution in [0.25, 0.3) is 21.3 Å². The predicted molar refractivity (Wildman–Crippen MR) is 89.5 cm³/mol. The molecule has 0 atom stereocenters. The smallest absolute Gasteiger partial charge is 0.333 e. The molecule has 0 amide bonds. The molecule has 4 rings (SSSR count). The summed E-state index contributed by atoms with van der Waals surface area (Å²) in [5, 5.41) is 17.6. The highest BCUT2D eigenvalue weighted by atomic mass is 32.1. The number of nitrogens with one attached hydrogen (secondary N) is 1. The fourth-order valence-corrected chi connectivity index (χ4v) is 3.68. The van der Waals surface area contributed by atoms with Crippen molar-refractivity contribution >= 4 is 34.5 Å². The molecule has 23 heavy (non-hydrogen) atoms. The van der Waals surface area contributed by atoms with Crippen LogP contribution in [0.1, 0.15) is 5.56 Å². The van der Waals surface area contributed by atoms with Gasteiger partial charge in [-0.25, -0.2) is 19.7 Å². The number of aromatic nitrogens is 3. The standard InChI is InChI=1S/C15H10N4O2S2/c20-15(21)9-5-8-6-10(13-16-1-3-22-13)11(14-17-2-4-23-14)19-12(8)18-7-9/h1-4,6-7H,5H2,(H,18,19)(H,20,21). The first kappa shape index (κ1) is 14.0. The lowest BCUT2D eigenvalue weighted by molar-refractivity contribution is -0.132. The molecule has 4 heterocycles. The molecular formula is C15H10N4O2S2. The second-order valence-corrected chi connectivity index (χ2v) is 6.65. The van der Waals surface area contributed by atoms with Gasteiger partial charge in [-0.1, -0.05) is 0 Å². The maximum Gasteiger partial charge on any atom is 0.333 e. The Morgan fingerprint density at radius 2 is 1.91 bits per heavy atom. The number of carboxylic acid groups (broad SMARTS) is 1. The second-order valence-electron chi connectivity index (χ2n) is 4.86. The molecule has 0 aromatic carbocycles. The molecule has 114 valence electrons. The highest BCUT2D eigenvalue weighted by Crippen LogP contribution is 2.37. The van der Waals surface area contributed by atoms with Crippen LogP contribution in [0, 0.1) is 0 Å². The van der Waals surface area contributed by atoms with Crippen molar-refractivity contribution in [2.45, 2.75) is 6.42 Å². The first-order valence-electron chi connectivity index (χ1n) is 6.75. The number of hydrogen-bond acceptors (Lipinski definition) is 7. The average Bonchev–Trinajstić information content (AvgIpc) is 3.26. The van der Waals surface area contributed by atoms with Crippen molar-refractivity contribution in [3.8, 4) is 21.3 Å². The minimum atomic E-state index is -0.928. The molecule has 8 heteroatoms. The minimum Gasteiger partial charge on any atom is -0.478 e. The van der Waals surface area contributed by atoms with Crippen LogP contribution in [0.3, 0.4) is 0 Å². The van der Waals surface area contributed by atoms with Gasteiger partial charge in [0, 0.05) is 46.9 Å². The van der Waals surface area contributed by atoms with Gasteiger partial charge in [0.25, 0.3) is 0 Å². The van der Waals surface area contributed by atoms with E-state index >= 15 is 0 Å². The van der Waals surface area contributed by atoms with Gasteiger partial charge in [-0.3, -0.25) is 0 Å². The monoisotopic (exact) mass is 342 g/mol. The average molecular weight is 342 g/mol. The number of anilines is 1. The molecule has 3 aromatic rings. The van der Waals surface area contributed by atoms with E-state index in [0.717, 1.165) is 26.8 Å². The zero-order valence-corrected chi connectivity index (χ0v) is 13.3. The number of aliphatic carboxylic acids is 1. The topological polar surface area (TPSA) is 88.0 Å². The third kappa shape index (κ3) is 2.51. The summed E-state index contributed by atoms with van der Waals surface area (Å²) in [7, 11) is 0. The molecule has 3 aromatic heterocycles. The maximum absolute atomic E-state index is 11.2. The van der Waals surface area contributed by atoms with Crippen LogP contribution in [0.4, 0.5) is 5.82 Å². The molecule has 1 aliphatic heterocycles. The van der Waals surface area contributed by atoms with Gasteiger partial charge in [-0.15, -0.1) is 22.7 Å². The van der Waals surface area contributed by atoms with E-state index in [1.54, 1.807) is 12.4 Å². The van der Waals surface area contributed by atoms with Gasteiger partial charge in [0.2, 0.25) is 0 Å². The minimum absolute atomic E-state index is 0.311. The summed E-state index contributed by atoms with van der Waals surface area (Å²) in [6.45, 7) is 0. The van der Waals surface area contributed by atoms with Crippen LogP contribution in [0.15, 0.2) is 41.0 Å². The van der Waals surface area contributed by atoms with Crippen molar-refractivity contribution in [3.05, 3.63) is 46.6 Å². The van der Waals surface area contributed by atoms with Crippen molar-refractivity contribution in [1.82, 2.24) is 15.0 Å². The number of carbonyl (C=O) groups is 1. The van der Waals surface area contributed by atoms with E-state index in [1.807, 2.05) is 16.8 Å². The summed E-state index contributed by atoms with van der Waals surface area (Å²) >= 11 is 3.03. The highest BCUT2D eigenvalue weighted by molar-refractivity contribution is 7.14. The first-order valence-corrected chi connectivity index (χ1v) is 8.51. The van der Waals surface area contributed by atoms with Crippen LogP contribution in [-0.4, -0.2) is 26.0 Å². The Kier molecular flexibility index (Phi) is 3.40. The summed E-state index contributed by atoms with van der Waals surface area (Å²) in [5.74, 6) is -0.261. The van der Waals surface area contributed by atoms with Gasteiger partial charge in [-0.05, 0) is 6.07 Å². The molecular weight excluding hydrogens is 332 g/mol. The Labute approximate surface area is 139 Å². The largest absolute Gasteiger partial charge is 0.478 e. The lowest BCUT2D eigenvalue weighted by Crippen LogP contribution is -2.14. The van der Waals surface area contributed by atoms with Crippen molar-refractivity contribution in [3.63, 3.8) is 0 Å². The Morgan fingerprint density at radius 1 is 1.17 bits per heavy atom. The molecule has 0 bridgehead atoms. The van der Waals surface area contributed by atoms with Gasteiger partial charge >= 0.3 is 5.97 Å². The summed E-state index contributed by atoms with van der Waals surface area (Å²) in [6.07, 6.45) is 5.31. The zero-order chi connectivity index (χ0) is 15.8. The quantitative estimate of drug-likeness (QED) is 0.759. The van der Waals surface area contributed by atoms with Crippen molar-refractivity contribution < 1.29 is 9.90 Å². The van der Waals surface area contributed by atoms with Crippen LogP contribution in [0.5, 0.6) is 0 Å². The third-order valence-electron chi connectivity index (χ3n) is 3.44. The molecule has 0 aliphatic carbocycles. The van der Waals surface area contributed by atoms with Gasteiger partial charge in [0.15, 0.2) is 0 Å². The molecule has 0 fully saturated rings. The van der Waals surface area contributed by atoms with Crippen molar-refractivity contribution in [2.24, 2.45) is 0 Å². The number of carboxylic acids is 1. The lowest BCUT2D eigenvalue weighted by atomic mass is 10.0. The second kappa shape index (κ2) is 5.56. The Bertz CT molecular complexity index is 902. The summed E-state index contributed by atoms with van der Waals surface area (Å²) < 4.78 is 0. The molecule has 0 saturated heterocycles. The van der Waals surface area contributed by atoms with Crippen LogP contribution in [-0.2, 0) is 11.2 Å².